The number of fused-ring (bicyclic) bond motifs is 1. The van der Waals surface area contributed by atoms with Crippen molar-refractivity contribution in [2.24, 2.45) is 0 Å². The lowest BCUT2D eigenvalue weighted by Crippen LogP contribution is -2.31. The van der Waals surface area contributed by atoms with E-state index in [9.17, 15) is 4.79 Å². The van der Waals surface area contributed by atoms with Gasteiger partial charge < -0.3 is 4.74 Å². The van der Waals surface area contributed by atoms with Crippen LogP contribution in [0.5, 0.6) is 5.75 Å². The predicted molar refractivity (Wildman–Crippen MR) is 67.9 cm³/mol. The standard InChI is InChI=1S/C14H10BrO2/c15-10-5-6-13-11(7-10)12(16)8-14(17-13)9-3-1-2-4-9/h1-7,14H,8H2. The smallest absolute Gasteiger partial charge is 0.170 e. The van der Waals surface area contributed by atoms with Gasteiger partial charge >= 0.3 is 0 Å². The van der Waals surface area contributed by atoms with E-state index in [2.05, 4.69) is 15.9 Å². The molecule has 2 nitrogen and oxygen atoms in total. The number of rotatable bonds is 1. The van der Waals surface area contributed by atoms with Crippen LogP contribution in [0.3, 0.4) is 0 Å². The van der Waals surface area contributed by atoms with E-state index in [1.165, 1.54) is 0 Å². The van der Waals surface area contributed by atoms with Gasteiger partial charge in [0.25, 0.3) is 0 Å². The van der Waals surface area contributed by atoms with Gasteiger partial charge in [0.2, 0.25) is 0 Å². The molecule has 0 aromatic heterocycles. The Morgan fingerprint density at radius 3 is 2.76 bits per heavy atom. The average molecular weight is 290 g/mol. The summed E-state index contributed by atoms with van der Waals surface area (Å²) in [7, 11) is 0. The summed E-state index contributed by atoms with van der Waals surface area (Å²) in [6.07, 6.45) is 8.16. The van der Waals surface area contributed by atoms with Crippen LogP contribution < -0.4 is 4.74 Å². The highest BCUT2D eigenvalue weighted by atomic mass is 79.9. The third kappa shape index (κ3) is 2.13. The number of Topliss-reactive ketones (excluding diaryl/α,β-unsaturated/α-hetero) is 1. The van der Waals surface area contributed by atoms with Crippen molar-refractivity contribution in [1.82, 2.24) is 0 Å². The minimum absolute atomic E-state index is 0.138. The first-order chi connectivity index (χ1) is 8.24. The Morgan fingerprint density at radius 1 is 1.24 bits per heavy atom. The van der Waals surface area contributed by atoms with Crippen LogP contribution in [0.25, 0.3) is 0 Å². The van der Waals surface area contributed by atoms with Gasteiger partial charge in [0.05, 0.1) is 5.56 Å². The van der Waals surface area contributed by atoms with Crippen LogP contribution in [-0.2, 0) is 0 Å². The molecule has 3 rings (SSSR count). The highest BCUT2D eigenvalue weighted by Gasteiger charge is 2.34. The monoisotopic (exact) mass is 289 g/mol. The second-order valence-electron chi connectivity index (χ2n) is 4.09. The summed E-state index contributed by atoms with van der Waals surface area (Å²) in [5.41, 5.74) is 0.669. The zero-order valence-corrected chi connectivity index (χ0v) is 10.6. The maximum Gasteiger partial charge on any atom is 0.170 e. The fourth-order valence-electron chi connectivity index (χ4n) is 2.09. The van der Waals surface area contributed by atoms with Crippen LogP contribution in [0.1, 0.15) is 16.8 Å². The number of ether oxygens (including phenoxy) is 1. The van der Waals surface area contributed by atoms with Crippen LogP contribution in [-0.4, -0.2) is 11.9 Å². The molecule has 0 saturated heterocycles. The second-order valence-corrected chi connectivity index (χ2v) is 5.01. The number of halogens is 1. The van der Waals surface area contributed by atoms with E-state index in [1.807, 2.05) is 43.9 Å². The van der Waals surface area contributed by atoms with Gasteiger partial charge in [0.1, 0.15) is 11.9 Å². The molecule has 0 N–H and O–H groups in total. The fraction of sp³-hybridized carbons (Fsp3) is 0.143. The fourth-order valence-corrected chi connectivity index (χ4v) is 2.45. The Balaban J connectivity index is 1.87. The van der Waals surface area contributed by atoms with Crippen LogP contribution >= 0.6 is 15.9 Å². The topological polar surface area (TPSA) is 26.3 Å². The number of benzene rings is 1. The van der Waals surface area contributed by atoms with Crippen LogP contribution in [0.4, 0.5) is 0 Å². The van der Waals surface area contributed by atoms with E-state index >= 15 is 0 Å². The quantitative estimate of drug-likeness (QED) is 0.794. The van der Waals surface area contributed by atoms with Crippen molar-refractivity contribution >= 4 is 21.7 Å². The molecule has 1 atom stereocenters. The molecular weight excluding hydrogens is 280 g/mol. The van der Waals surface area contributed by atoms with Crippen molar-refractivity contribution in [3.63, 3.8) is 0 Å². The van der Waals surface area contributed by atoms with Gasteiger partial charge in [0.15, 0.2) is 5.78 Å². The van der Waals surface area contributed by atoms with Gasteiger partial charge in [-0.25, -0.2) is 0 Å². The molecule has 17 heavy (non-hydrogen) atoms. The number of ketones is 1. The summed E-state index contributed by atoms with van der Waals surface area (Å²) in [5, 5.41) is 0. The van der Waals surface area contributed by atoms with Crippen molar-refractivity contribution in [3.05, 3.63) is 59.8 Å². The Labute approximate surface area is 109 Å². The van der Waals surface area contributed by atoms with E-state index in [0.717, 1.165) is 10.4 Å². The van der Waals surface area contributed by atoms with Gasteiger partial charge in [0, 0.05) is 16.8 Å². The van der Waals surface area contributed by atoms with Crippen molar-refractivity contribution in [3.8, 4) is 5.75 Å². The van der Waals surface area contributed by atoms with Gasteiger partial charge in [-0.2, -0.15) is 0 Å². The molecule has 1 unspecified atom stereocenters. The zero-order chi connectivity index (χ0) is 11.8. The first-order valence-electron chi connectivity index (χ1n) is 5.45. The molecule has 0 amide bonds. The molecule has 1 fully saturated rings. The van der Waals surface area contributed by atoms with Crippen molar-refractivity contribution in [2.75, 3.05) is 0 Å². The molecule has 1 aromatic rings. The molecule has 2 aliphatic rings. The molecule has 1 saturated carbocycles. The second kappa shape index (κ2) is 4.45. The lowest BCUT2D eigenvalue weighted by molar-refractivity contribution is 0.0872. The summed E-state index contributed by atoms with van der Waals surface area (Å²) in [6.45, 7) is 0. The van der Waals surface area contributed by atoms with Crippen molar-refractivity contribution in [2.45, 2.75) is 12.5 Å². The highest BCUT2D eigenvalue weighted by molar-refractivity contribution is 9.10. The lowest BCUT2D eigenvalue weighted by atomic mass is 9.91. The Kier molecular flexibility index (Phi) is 2.95. The zero-order valence-electron chi connectivity index (χ0n) is 9.02. The van der Waals surface area contributed by atoms with E-state index in [1.54, 1.807) is 0 Å². The number of hydrogen-bond donors (Lipinski definition) is 0. The van der Waals surface area contributed by atoms with Crippen molar-refractivity contribution < 1.29 is 9.53 Å². The average Bonchev–Trinajstić information content (AvgIpc) is 2.83. The lowest BCUT2D eigenvalue weighted by Gasteiger charge is -2.28. The molecule has 0 spiro atoms. The number of carbonyl (C=O) groups excluding carboxylic acids is 1. The Morgan fingerprint density at radius 2 is 2.00 bits per heavy atom. The predicted octanol–water partition coefficient (Wildman–Crippen LogP) is 3.19. The van der Waals surface area contributed by atoms with Crippen molar-refractivity contribution in [1.29, 1.82) is 0 Å². The van der Waals surface area contributed by atoms with E-state index < -0.39 is 0 Å². The molecule has 1 aliphatic heterocycles. The first kappa shape index (κ1) is 11.3. The van der Waals surface area contributed by atoms with E-state index in [0.29, 0.717) is 17.7 Å². The summed E-state index contributed by atoms with van der Waals surface area (Å²) in [6, 6.07) is 5.55. The SMILES string of the molecule is O=C1CC([C]2[CH][CH][CH][CH]2)Oc2ccc(Br)cc21. The third-order valence-corrected chi connectivity index (χ3v) is 3.44. The van der Waals surface area contributed by atoms with Gasteiger partial charge in [-0.1, -0.05) is 15.9 Å². The summed E-state index contributed by atoms with van der Waals surface area (Å²) in [5.74, 6) is 1.88. The van der Waals surface area contributed by atoms with Gasteiger partial charge in [-0.05, 0) is 43.9 Å². The first-order valence-corrected chi connectivity index (χ1v) is 6.24. The Hall–Kier alpha value is -0.830. The van der Waals surface area contributed by atoms with Gasteiger partial charge in [-0.3, -0.25) is 4.79 Å². The molecule has 0 bridgehead atoms. The molecule has 1 aliphatic carbocycles. The van der Waals surface area contributed by atoms with Crippen LogP contribution in [0.15, 0.2) is 22.7 Å². The normalized spacial score (nSPS) is 24.5. The third-order valence-electron chi connectivity index (χ3n) is 2.94. The largest absolute Gasteiger partial charge is 0.489 e. The number of carbonyl (C=O) groups is 1. The van der Waals surface area contributed by atoms with E-state index in [4.69, 9.17) is 4.74 Å². The minimum Gasteiger partial charge on any atom is -0.489 e. The highest BCUT2D eigenvalue weighted by Crippen LogP contribution is 2.37. The summed E-state index contributed by atoms with van der Waals surface area (Å²) >= 11 is 3.36. The van der Waals surface area contributed by atoms with Crippen LogP contribution in [0, 0.1) is 31.6 Å². The molecule has 1 aromatic carbocycles. The molecule has 5 radical (unpaired) electrons. The van der Waals surface area contributed by atoms with Gasteiger partial charge in [-0.15, -0.1) is 0 Å². The summed E-state index contributed by atoms with van der Waals surface area (Å²) < 4.78 is 6.76. The molecular formula is C14H10BrO2. The Bertz CT molecular complexity index is 450. The maximum atomic E-state index is 12.0. The van der Waals surface area contributed by atoms with E-state index in [-0.39, 0.29) is 11.9 Å². The summed E-state index contributed by atoms with van der Waals surface area (Å²) in [4.78, 5) is 12.0. The minimum atomic E-state index is -0.147. The molecule has 3 heteroatoms. The maximum absolute atomic E-state index is 12.0. The molecule has 85 valence electrons. The van der Waals surface area contributed by atoms with Crippen LogP contribution in [0.2, 0.25) is 0 Å². The number of hydrogen-bond acceptors (Lipinski definition) is 2. The molecule has 1 heterocycles.